The molecule has 3 amide bonds. The molecule has 0 aliphatic heterocycles. The van der Waals surface area contributed by atoms with E-state index in [1.807, 2.05) is 31.2 Å². The van der Waals surface area contributed by atoms with Crippen molar-refractivity contribution in [1.82, 2.24) is 10.6 Å². The predicted molar refractivity (Wildman–Crippen MR) is 192 cm³/mol. The highest BCUT2D eigenvalue weighted by Crippen LogP contribution is 2.31. The lowest BCUT2D eigenvalue weighted by Crippen LogP contribution is -2.33. The molecular formula is C36H43N3O9S2. The zero-order valence-electron chi connectivity index (χ0n) is 28.1. The maximum Gasteiger partial charge on any atom is 0.319 e. The summed E-state index contributed by atoms with van der Waals surface area (Å²) in [4.78, 5) is 36.5. The van der Waals surface area contributed by atoms with Crippen LogP contribution in [0.4, 0.5) is 10.5 Å². The van der Waals surface area contributed by atoms with Gasteiger partial charge in [-0.15, -0.1) is 0 Å². The minimum atomic E-state index is -4.34. The summed E-state index contributed by atoms with van der Waals surface area (Å²) >= 11 is 0. The first-order valence-electron chi connectivity index (χ1n) is 16.4. The van der Waals surface area contributed by atoms with Gasteiger partial charge in [0.1, 0.15) is 10.6 Å². The van der Waals surface area contributed by atoms with Crippen LogP contribution in [-0.4, -0.2) is 64.3 Å². The Bertz CT molecular complexity index is 1920. The fourth-order valence-electron chi connectivity index (χ4n) is 5.48. The van der Waals surface area contributed by atoms with Crippen molar-refractivity contribution in [3.05, 3.63) is 95.1 Å². The Labute approximate surface area is 293 Å². The molecule has 0 heterocycles. The minimum Gasteiger partial charge on any atom is -0.492 e. The topological polar surface area (TPSA) is 185 Å². The molecule has 1 atom stereocenters. The molecule has 0 bridgehead atoms. The molecule has 4 N–H and O–H groups in total. The molecule has 0 radical (unpaired) electrons. The smallest absolute Gasteiger partial charge is 0.319 e. The highest BCUT2D eigenvalue weighted by Gasteiger charge is 2.26. The number of carbonyl (C=O) groups excluding carboxylic acids is 2. The number of sulfone groups is 2. The SMILES string of the molecule is CCCCOc1ccc(NC(=O)NC(c2ccc(C(=O)NCCC(=O)O)cc2)c2ccc(C3=CCCCC3)cc2)cc1S(=O)(=O)CS(C)(=O)=O. The molecule has 1 aliphatic carbocycles. The number of carboxylic acids is 1. The normalized spacial score (nSPS) is 13.8. The first-order valence-corrected chi connectivity index (χ1v) is 20.1. The molecule has 0 aromatic heterocycles. The first kappa shape index (κ1) is 38.1. The van der Waals surface area contributed by atoms with E-state index in [2.05, 4.69) is 22.0 Å². The van der Waals surface area contributed by atoms with E-state index in [-0.39, 0.29) is 35.9 Å². The van der Waals surface area contributed by atoms with Crippen LogP contribution in [0.15, 0.2) is 77.7 Å². The van der Waals surface area contributed by atoms with E-state index in [0.29, 0.717) is 17.5 Å². The van der Waals surface area contributed by atoms with E-state index in [9.17, 15) is 31.2 Å². The van der Waals surface area contributed by atoms with Crippen molar-refractivity contribution in [2.45, 2.75) is 62.8 Å². The van der Waals surface area contributed by atoms with Crippen molar-refractivity contribution in [2.24, 2.45) is 0 Å². The number of hydrogen-bond acceptors (Lipinski definition) is 8. The van der Waals surface area contributed by atoms with Gasteiger partial charge in [-0.25, -0.2) is 21.6 Å². The Morgan fingerprint density at radius 1 is 0.920 bits per heavy atom. The molecule has 50 heavy (non-hydrogen) atoms. The number of allylic oxidation sites excluding steroid dienone is 2. The summed E-state index contributed by atoms with van der Waals surface area (Å²) in [7, 11) is -8.25. The number of carbonyl (C=O) groups is 3. The van der Waals surface area contributed by atoms with E-state index >= 15 is 0 Å². The van der Waals surface area contributed by atoms with Crippen molar-refractivity contribution in [1.29, 1.82) is 0 Å². The Morgan fingerprint density at radius 3 is 2.20 bits per heavy atom. The standard InChI is InChI=1S/C36H43N3O9S2/c1-3-4-22-48-31-19-18-30(23-32(31)50(46,47)24-49(2,44)45)38-36(43)39-34(27-12-10-26(11-13-27)25-8-6-5-7-9-25)28-14-16-29(17-15-28)35(42)37-21-20-33(40)41/h8,10-19,23,34H,3-7,9,20-22,24H2,1-2H3,(H,37,42)(H,40,41)(H2,38,39,43). The van der Waals surface area contributed by atoms with Crippen molar-refractivity contribution in [3.8, 4) is 5.75 Å². The number of rotatable bonds is 16. The van der Waals surface area contributed by atoms with E-state index in [1.165, 1.54) is 23.8 Å². The Hall–Kier alpha value is -4.69. The Kier molecular flexibility index (Phi) is 13.2. The molecule has 3 aromatic rings. The molecule has 0 saturated heterocycles. The van der Waals surface area contributed by atoms with E-state index in [0.717, 1.165) is 49.5 Å². The maximum atomic E-state index is 13.5. The van der Waals surface area contributed by atoms with Gasteiger partial charge in [-0.05, 0) is 84.7 Å². The number of ether oxygens (including phenoxy) is 1. The van der Waals surface area contributed by atoms with Gasteiger partial charge >= 0.3 is 12.0 Å². The number of unbranched alkanes of at least 4 members (excludes halogenated alkanes) is 1. The second-order valence-corrected chi connectivity index (χ2v) is 16.6. The highest BCUT2D eigenvalue weighted by molar-refractivity contribution is 8.07. The van der Waals surface area contributed by atoms with Crippen molar-refractivity contribution >= 4 is 48.8 Å². The monoisotopic (exact) mass is 725 g/mol. The fraction of sp³-hybridized carbons (Fsp3) is 0.361. The van der Waals surface area contributed by atoms with Crippen LogP contribution in [0.1, 0.15) is 85.0 Å². The molecule has 3 aromatic carbocycles. The van der Waals surface area contributed by atoms with Gasteiger partial charge in [-0.2, -0.15) is 0 Å². The van der Waals surface area contributed by atoms with Crippen LogP contribution in [0, 0.1) is 0 Å². The van der Waals surface area contributed by atoms with Gasteiger partial charge in [0, 0.05) is 24.1 Å². The van der Waals surface area contributed by atoms with Gasteiger partial charge < -0.3 is 25.8 Å². The summed E-state index contributed by atoms with van der Waals surface area (Å²) < 4.78 is 55.8. The number of carboxylic acid groups (broad SMARTS) is 1. The first-order chi connectivity index (χ1) is 23.8. The van der Waals surface area contributed by atoms with Crippen LogP contribution in [0.25, 0.3) is 5.57 Å². The fourth-order valence-corrected chi connectivity index (χ4v) is 8.98. The highest BCUT2D eigenvalue weighted by atomic mass is 32.3. The molecule has 1 unspecified atom stereocenters. The average Bonchev–Trinajstić information content (AvgIpc) is 3.07. The zero-order chi connectivity index (χ0) is 36.3. The Balaban J connectivity index is 1.61. The lowest BCUT2D eigenvalue weighted by atomic mass is 9.91. The van der Waals surface area contributed by atoms with Gasteiger partial charge in [-0.3, -0.25) is 9.59 Å². The van der Waals surface area contributed by atoms with Crippen LogP contribution < -0.4 is 20.7 Å². The predicted octanol–water partition coefficient (Wildman–Crippen LogP) is 5.71. The Morgan fingerprint density at radius 2 is 1.60 bits per heavy atom. The summed E-state index contributed by atoms with van der Waals surface area (Å²) in [5, 5.41) is 15.9. The number of benzene rings is 3. The van der Waals surface area contributed by atoms with E-state index in [4.69, 9.17) is 9.84 Å². The van der Waals surface area contributed by atoms with Crippen LogP contribution in [-0.2, 0) is 24.5 Å². The largest absolute Gasteiger partial charge is 0.492 e. The average molecular weight is 726 g/mol. The second kappa shape index (κ2) is 17.3. The number of hydrogen-bond donors (Lipinski definition) is 4. The third kappa shape index (κ3) is 11.2. The molecule has 4 rings (SSSR count). The van der Waals surface area contributed by atoms with Gasteiger partial charge in [0.15, 0.2) is 24.8 Å². The van der Waals surface area contributed by atoms with Crippen LogP contribution in [0.2, 0.25) is 0 Å². The van der Waals surface area contributed by atoms with E-state index < -0.39 is 48.7 Å². The molecular weight excluding hydrogens is 683 g/mol. The van der Waals surface area contributed by atoms with Crippen molar-refractivity contribution in [3.63, 3.8) is 0 Å². The number of aliphatic carboxylic acids is 1. The van der Waals surface area contributed by atoms with E-state index in [1.54, 1.807) is 24.3 Å². The van der Waals surface area contributed by atoms with Gasteiger partial charge in [-0.1, -0.05) is 55.8 Å². The van der Waals surface area contributed by atoms with Crippen molar-refractivity contribution < 1.29 is 41.1 Å². The van der Waals surface area contributed by atoms with Gasteiger partial charge in [0.2, 0.25) is 0 Å². The zero-order valence-corrected chi connectivity index (χ0v) is 29.7. The molecule has 12 nitrogen and oxygen atoms in total. The van der Waals surface area contributed by atoms with Gasteiger partial charge in [0.25, 0.3) is 5.91 Å². The molecule has 0 saturated carbocycles. The third-order valence-electron chi connectivity index (χ3n) is 7.97. The quantitative estimate of drug-likeness (QED) is 0.134. The summed E-state index contributed by atoms with van der Waals surface area (Å²) in [6.07, 6.45) is 8.62. The number of anilines is 1. The van der Waals surface area contributed by atoms with Crippen LogP contribution >= 0.6 is 0 Å². The minimum absolute atomic E-state index is 0.00816. The number of nitrogens with one attached hydrogen (secondary N) is 3. The van der Waals surface area contributed by atoms with Crippen molar-refractivity contribution in [2.75, 3.05) is 29.8 Å². The molecule has 268 valence electrons. The van der Waals surface area contributed by atoms with Crippen LogP contribution in [0.5, 0.6) is 5.75 Å². The summed E-state index contributed by atoms with van der Waals surface area (Å²) in [5.74, 6) is -1.47. The van der Waals surface area contributed by atoms with Gasteiger partial charge in [0.05, 0.1) is 19.1 Å². The lowest BCUT2D eigenvalue weighted by Gasteiger charge is -2.22. The molecule has 14 heteroatoms. The number of amides is 3. The summed E-state index contributed by atoms with van der Waals surface area (Å²) in [6.45, 7) is 2.15. The number of urea groups is 1. The maximum absolute atomic E-state index is 13.5. The summed E-state index contributed by atoms with van der Waals surface area (Å²) in [6, 6.07) is 17.0. The molecule has 0 fully saturated rings. The molecule has 1 aliphatic rings. The third-order valence-corrected chi connectivity index (χ3v) is 11.9. The second-order valence-electron chi connectivity index (χ2n) is 12.2. The lowest BCUT2D eigenvalue weighted by molar-refractivity contribution is -0.136. The van der Waals surface area contributed by atoms with Crippen LogP contribution in [0.3, 0.4) is 0 Å². The molecule has 0 spiro atoms. The summed E-state index contributed by atoms with van der Waals surface area (Å²) in [5.41, 5.74) is 4.16.